The van der Waals surface area contributed by atoms with Gasteiger partial charge in [-0.05, 0) is 93.4 Å². The molecule has 0 spiro atoms. The Balaban J connectivity index is 1.88. The van der Waals surface area contributed by atoms with Crippen LogP contribution in [-0.4, -0.2) is 0 Å². The SMILES string of the molecule is CCCCc1cc2cc3cc4ccccc4cc3cc2cc1CCCC. The van der Waals surface area contributed by atoms with E-state index in [1.165, 1.54) is 70.8 Å². The number of rotatable bonds is 6. The van der Waals surface area contributed by atoms with Gasteiger partial charge in [-0.1, -0.05) is 63.1 Å². The summed E-state index contributed by atoms with van der Waals surface area (Å²) in [6, 6.07) is 23.0. The molecule has 0 unspecified atom stereocenters. The smallest absolute Gasteiger partial charge is 0.0171 e. The van der Waals surface area contributed by atoms with Crippen LogP contribution in [0.1, 0.15) is 50.7 Å². The van der Waals surface area contributed by atoms with E-state index >= 15 is 0 Å². The lowest BCUT2D eigenvalue weighted by atomic mass is 9.92. The summed E-state index contributed by atoms with van der Waals surface area (Å²) in [7, 11) is 0. The molecule has 4 aromatic carbocycles. The first kappa shape index (κ1) is 17.1. The summed E-state index contributed by atoms with van der Waals surface area (Å²) < 4.78 is 0. The summed E-state index contributed by atoms with van der Waals surface area (Å²) in [5.74, 6) is 0. The maximum absolute atomic E-state index is 2.46. The highest BCUT2D eigenvalue weighted by Gasteiger charge is 2.07. The van der Waals surface area contributed by atoms with Crippen molar-refractivity contribution in [3.8, 4) is 0 Å². The van der Waals surface area contributed by atoms with Gasteiger partial charge in [-0.25, -0.2) is 0 Å². The lowest BCUT2D eigenvalue weighted by Gasteiger charge is -2.13. The average Bonchev–Trinajstić information content (AvgIpc) is 2.67. The Morgan fingerprint density at radius 2 is 0.885 bits per heavy atom. The van der Waals surface area contributed by atoms with Gasteiger partial charge in [-0.15, -0.1) is 0 Å². The van der Waals surface area contributed by atoms with Crippen LogP contribution in [0.4, 0.5) is 0 Å². The molecule has 0 amide bonds. The fraction of sp³-hybridized carbons (Fsp3) is 0.308. The van der Waals surface area contributed by atoms with Crippen LogP contribution in [0.3, 0.4) is 0 Å². The topological polar surface area (TPSA) is 0 Å². The fourth-order valence-electron chi connectivity index (χ4n) is 4.04. The van der Waals surface area contributed by atoms with Crippen molar-refractivity contribution in [2.24, 2.45) is 0 Å². The highest BCUT2D eigenvalue weighted by molar-refractivity contribution is 6.04. The number of benzene rings is 4. The Morgan fingerprint density at radius 3 is 1.31 bits per heavy atom. The van der Waals surface area contributed by atoms with E-state index in [4.69, 9.17) is 0 Å². The van der Waals surface area contributed by atoms with Crippen molar-refractivity contribution in [3.05, 3.63) is 71.8 Å². The van der Waals surface area contributed by atoms with E-state index in [2.05, 4.69) is 74.5 Å². The molecular formula is C26H28. The maximum Gasteiger partial charge on any atom is -0.0171 e. The number of unbranched alkanes of at least 4 members (excludes halogenated alkanes) is 2. The summed E-state index contributed by atoms with van der Waals surface area (Å²) in [4.78, 5) is 0. The second-order valence-electron chi connectivity index (χ2n) is 7.57. The van der Waals surface area contributed by atoms with Gasteiger partial charge >= 0.3 is 0 Å². The normalized spacial score (nSPS) is 11.6. The van der Waals surface area contributed by atoms with Gasteiger partial charge in [-0.2, -0.15) is 0 Å². The quantitative estimate of drug-likeness (QED) is 0.314. The lowest BCUT2D eigenvalue weighted by molar-refractivity contribution is 0.759. The third-order valence-electron chi connectivity index (χ3n) is 5.58. The van der Waals surface area contributed by atoms with Crippen molar-refractivity contribution in [2.75, 3.05) is 0 Å². The predicted octanol–water partition coefficient (Wildman–Crippen LogP) is 7.83. The van der Waals surface area contributed by atoms with E-state index in [1.807, 2.05) is 0 Å². The van der Waals surface area contributed by atoms with Crippen LogP contribution < -0.4 is 0 Å². The molecule has 132 valence electrons. The molecular weight excluding hydrogens is 312 g/mol. The Kier molecular flexibility index (Phi) is 4.93. The minimum Gasteiger partial charge on any atom is -0.0654 e. The van der Waals surface area contributed by atoms with E-state index in [1.54, 1.807) is 11.1 Å². The minimum absolute atomic E-state index is 1.21. The van der Waals surface area contributed by atoms with Gasteiger partial charge in [0, 0.05) is 0 Å². The van der Waals surface area contributed by atoms with Crippen molar-refractivity contribution in [1.29, 1.82) is 0 Å². The molecule has 0 saturated heterocycles. The third kappa shape index (κ3) is 3.33. The average molecular weight is 341 g/mol. The van der Waals surface area contributed by atoms with Crippen molar-refractivity contribution in [3.63, 3.8) is 0 Å². The van der Waals surface area contributed by atoms with Gasteiger partial charge in [0.25, 0.3) is 0 Å². The van der Waals surface area contributed by atoms with E-state index in [0.717, 1.165) is 0 Å². The van der Waals surface area contributed by atoms with Crippen molar-refractivity contribution in [2.45, 2.75) is 52.4 Å². The summed E-state index contributed by atoms with van der Waals surface area (Å²) in [5.41, 5.74) is 3.13. The summed E-state index contributed by atoms with van der Waals surface area (Å²) in [5, 5.41) is 8.12. The third-order valence-corrected chi connectivity index (χ3v) is 5.58. The van der Waals surface area contributed by atoms with Crippen LogP contribution in [0.5, 0.6) is 0 Å². The van der Waals surface area contributed by atoms with Gasteiger partial charge in [0.05, 0.1) is 0 Å². The van der Waals surface area contributed by atoms with Gasteiger partial charge < -0.3 is 0 Å². The zero-order chi connectivity index (χ0) is 17.9. The Hall–Kier alpha value is -2.34. The van der Waals surface area contributed by atoms with Crippen molar-refractivity contribution in [1.82, 2.24) is 0 Å². The molecule has 0 aliphatic heterocycles. The van der Waals surface area contributed by atoms with Crippen LogP contribution in [-0.2, 0) is 12.8 Å². The summed E-state index contributed by atoms with van der Waals surface area (Å²) in [6.45, 7) is 4.57. The molecule has 0 aromatic heterocycles. The number of aryl methyl sites for hydroxylation is 2. The van der Waals surface area contributed by atoms with Crippen LogP contribution in [0, 0.1) is 0 Å². The van der Waals surface area contributed by atoms with E-state index in [0.29, 0.717) is 0 Å². The molecule has 0 bridgehead atoms. The van der Waals surface area contributed by atoms with Crippen LogP contribution in [0.15, 0.2) is 60.7 Å². The van der Waals surface area contributed by atoms with E-state index < -0.39 is 0 Å². The Morgan fingerprint density at radius 1 is 0.500 bits per heavy atom. The van der Waals surface area contributed by atoms with Gasteiger partial charge in [0.15, 0.2) is 0 Å². The molecule has 0 atom stereocenters. The molecule has 4 rings (SSSR count). The number of fused-ring (bicyclic) bond motifs is 3. The van der Waals surface area contributed by atoms with E-state index in [-0.39, 0.29) is 0 Å². The fourth-order valence-corrected chi connectivity index (χ4v) is 4.04. The second-order valence-corrected chi connectivity index (χ2v) is 7.57. The minimum atomic E-state index is 1.21. The Labute approximate surface area is 156 Å². The van der Waals surface area contributed by atoms with Gasteiger partial charge in [0.1, 0.15) is 0 Å². The van der Waals surface area contributed by atoms with Crippen molar-refractivity contribution >= 4 is 32.3 Å². The first-order valence-corrected chi connectivity index (χ1v) is 10.2. The molecule has 0 aliphatic rings. The largest absolute Gasteiger partial charge is 0.0654 e. The second kappa shape index (κ2) is 7.50. The highest BCUT2D eigenvalue weighted by atomic mass is 14.1. The molecule has 0 aliphatic carbocycles. The molecule has 0 N–H and O–H groups in total. The first-order valence-electron chi connectivity index (χ1n) is 10.2. The van der Waals surface area contributed by atoms with Crippen LogP contribution >= 0.6 is 0 Å². The maximum atomic E-state index is 2.46. The highest BCUT2D eigenvalue weighted by Crippen LogP contribution is 2.30. The van der Waals surface area contributed by atoms with Gasteiger partial charge in [-0.3, -0.25) is 0 Å². The zero-order valence-electron chi connectivity index (χ0n) is 16.0. The molecule has 0 nitrogen and oxygen atoms in total. The summed E-state index contributed by atoms with van der Waals surface area (Å²) in [6.07, 6.45) is 7.50. The van der Waals surface area contributed by atoms with E-state index in [9.17, 15) is 0 Å². The number of hydrogen-bond donors (Lipinski definition) is 0. The zero-order valence-corrected chi connectivity index (χ0v) is 16.0. The molecule has 0 radical (unpaired) electrons. The first-order chi connectivity index (χ1) is 12.8. The predicted molar refractivity (Wildman–Crippen MR) is 116 cm³/mol. The molecule has 0 heterocycles. The molecule has 0 heteroatoms. The summed E-state index contributed by atoms with van der Waals surface area (Å²) >= 11 is 0. The molecule has 0 fully saturated rings. The molecule has 0 saturated carbocycles. The van der Waals surface area contributed by atoms with Crippen LogP contribution in [0.2, 0.25) is 0 Å². The Bertz CT molecular complexity index is 970. The number of hydrogen-bond acceptors (Lipinski definition) is 0. The van der Waals surface area contributed by atoms with Crippen LogP contribution in [0.25, 0.3) is 32.3 Å². The van der Waals surface area contributed by atoms with Gasteiger partial charge in [0.2, 0.25) is 0 Å². The monoisotopic (exact) mass is 340 g/mol. The molecule has 4 aromatic rings. The van der Waals surface area contributed by atoms with Crippen molar-refractivity contribution < 1.29 is 0 Å². The molecule has 26 heavy (non-hydrogen) atoms. The standard InChI is InChI=1S/C26H28/c1-3-5-9-19-13-23-17-25-15-21-11-7-8-12-22(21)16-26(25)18-24(23)14-20(19)10-6-4-2/h7-8,11-18H,3-6,9-10H2,1-2H3. The lowest BCUT2D eigenvalue weighted by Crippen LogP contribution is -1.96.